The van der Waals surface area contributed by atoms with Crippen LogP contribution in [0.4, 0.5) is 4.39 Å². The number of hydrogen-bond donors (Lipinski definition) is 1. The number of hydrogen-bond acceptors (Lipinski definition) is 5. The quantitative estimate of drug-likeness (QED) is 0.269. The molecule has 4 aromatic rings. The molecule has 0 radical (unpaired) electrons. The predicted molar refractivity (Wildman–Crippen MR) is 120 cm³/mol. The summed E-state index contributed by atoms with van der Waals surface area (Å²) in [5, 5.41) is 13.2. The van der Waals surface area contributed by atoms with E-state index in [9.17, 15) is 9.18 Å². The molecule has 1 N–H and O–H groups in total. The molecule has 0 unspecified atom stereocenters. The van der Waals surface area contributed by atoms with Gasteiger partial charge in [0.1, 0.15) is 5.82 Å². The second-order valence-electron chi connectivity index (χ2n) is 6.48. The van der Waals surface area contributed by atoms with Gasteiger partial charge in [0, 0.05) is 11.3 Å². The molecule has 1 amide bonds. The summed E-state index contributed by atoms with van der Waals surface area (Å²) in [6.45, 7) is 0. The van der Waals surface area contributed by atoms with Crippen LogP contribution in [0.3, 0.4) is 0 Å². The van der Waals surface area contributed by atoms with Gasteiger partial charge in [0.15, 0.2) is 11.0 Å². The molecule has 3 aromatic carbocycles. The first-order valence-corrected chi connectivity index (χ1v) is 10.5. The van der Waals surface area contributed by atoms with Crippen molar-refractivity contribution in [2.45, 2.75) is 5.16 Å². The summed E-state index contributed by atoms with van der Waals surface area (Å²) in [5.74, 6) is 0.201. The Morgan fingerprint density at radius 2 is 1.65 bits per heavy atom. The third kappa shape index (κ3) is 5.23. The first-order chi connectivity index (χ1) is 15.2. The molecule has 1 heterocycles. The minimum atomic E-state index is -0.324. The van der Waals surface area contributed by atoms with Gasteiger partial charge in [-0.25, -0.2) is 9.82 Å². The Bertz CT molecular complexity index is 1180. The number of nitrogens with one attached hydrogen (secondary N) is 1. The summed E-state index contributed by atoms with van der Waals surface area (Å²) in [5.41, 5.74) is 4.99. The van der Waals surface area contributed by atoms with E-state index < -0.39 is 0 Å². The lowest BCUT2D eigenvalue weighted by molar-refractivity contribution is -0.118. The van der Waals surface area contributed by atoms with Crippen LogP contribution in [0.1, 0.15) is 5.56 Å². The van der Waals surface area contributed by atoms with E-state index in [4.69, 9.17) is 0 Å². The second kappa shape index (κ2) is 9.82. The van der Waals surface area contributed by atoms with Crippen LogP contribution in [0.2, 0.25) is 0 Å². The standard InChI is InChI=1S/C23H18FN5OS/c24-19-13-11-17(12-14-19)15-25-26-21(30)16-31-23-28-27-22(18-7-3-1-4-8-18)29(23)20-9-5-2-6-10-20/h1-15H,16H2,(H,26,30). The number of thioether (sulfide) groups is 1. The Balaban J connectivity index is 1.47. The number of hydrazone groups is 1. The maximum atomic E-state index is 12.9. The Kier molecular flexibility index (Phi) is 6.49. The molecule has 154 valence electrons. The van der Waals surface area contributed by atoms with Crippen molar-refractivity contribution in [3.05, 3.63) is 96.3 Å². The number of carbonyl (C=O) groups excluding carboxylic acids is 1. The van der Waals surface area contributed by atoms with E-state index in [0.717, 1.165) is 11.3 Å². The van der Waals surface area contributed by atoms with Gasteiger partial charge in [0.05, 0.1) is 12.0 Å². The fraction of sp³-hybridized carbons (Fsp3) is 0.0435. The SMILES string of the molecule is O=C(CSc1nnc(-c2ccccc2)n1-c1ccccc1)NN=Cc1ccc(F)cc1. The molecular formula is C23H18FN5OS. The Labute approximate surface area is 182 Å². The summed E-state index contributed by atoms with van der Waals surface area (Å²) >= 11 is 1.27. The summed E-state index contributed by atoms with van der Waals surface area (Å²) in [4.78, 5) is 12.2. The van der Waals surface area contributed by atoms with Crippen molar-refractivity contribution in [1.82, 2.24) is 20.2 Å². The number of aromatic nitrogens is 3. The molecule has 0 atom stereocenters. The van der Waals surface area contributed by atoms with Crippen LogP contribution < -0.4 is 5.43 Å². The number of para-hydroxylation sites is 1. The Hall–Kier alpha value is -3.78. The minimum absolute atomic E-state index is 0.112. The smallest absolute Gasteiger partial charge is 0.250 e. The van der Waals surface area contributed by atoms with Gasteiger partial charge >= 0.3 is 0 Å². The van der Waals surface area contributed by atoms with Crippen LogP contribution in [-0.4, -0.2) is 32.6 Å². The first-order valence-electron chi connectivity index (χ1n) is 9.47. The van der Waals surface area contributed by atoms with E-state index in [1.165, 1.54) is 30.1 Å². The van der Waals surface area contributed by atoms with Crippen LogP contribution in [0.15, 0.2) is 95.2 Å². The number of halogens is 1. The molecule has 0 saturated carbocycles. The molecule has 0 aliphatic rings. The molecule has 0 aliphatic carbocycles. The normalized spacial score (nSPS) is 11.0. The zero-order valence-corrected chi connectivity index (χ0v) is 17.2. The van der Waals surface area contributed by atoms with Gasteiger partial charge in [0.2, 0.25) is 0 Å². The van der Waals surface area contributed by atoms with Crippen LogP contribution in [-0.2, 0) is 4.79 Å². The van der Waals surface area contributed by atoms with Crippen LogP contribution in [0.5, 0.6) is 0 Å². The van der Waals surface area contributed by atoms with E-state index in [1.54, 1.807) is 12.1 Å². The van der Waals surface area contributed by atoms with Crippen molar-refractivity contribution in [3.8, 4) is 17.1 Å². The third-order valence-electron chi connectivity index (χ3n) is 4.28. The highest BCUT2D eigenvalue weighted by atomic mass is 32.2. The highest BCUT2D eigenvalue weighted by molar-refractivity contribution is 7.99. The van der Waals surface area contributed by atoms with E-state index in [2.05, 4.69) is 20.7 Å². The van der Waals surface area contributed by atoms with Crippen LogP contribution in [0.25, 0.3) is 17.1 Å². The second-order valence-corrected chi connectivity index (χ2v) is 7.42. The number of nitrogens with zero attached hydrogens (tertiary/aromatic N) is 4. The highest BCUT2D eigenvalue weighted by Gasteiger charge is 2.16. The molecule has 31 heavy (non-hydrogen) atoms. The fourth-order valence-corrected chi connectivity index (χ4v) is 3.58. The molecule has 8 heteroatoms. The highest BCUT2D eigenvalue weighted by Crippen LogP contribution is 2.27. The van der Waals surface area contributed by atoms with Crippen molar-refractivity contribution >= 4 is 23.9 Å². The fourth-order valence-electron chi connectivity index (χ4n) is 2.84. The zero-order valence-electron chi connectivity index (χ0n) is 16.4. The maximum absolute atomic E-state index is 12.9. The molecule has 0 saturated heterocycles. The van der Waals surface area contributed by atoms with E-state index in [1.807, 2.05) is 65.2 Å². The molecule has 4 rings (SSSR count). The average Bonchev–Trinajstić information content (AvgIpc) is 3.24. The summed E-state index contributed by atoms with van der Waals surface area (Å²) in [6.07, 6.45) is 1.46. The topological polar surface area (TPSA) is 72.2 Å². The molecule has 6 nitrogen and oxygen atoms in total. The van der Waals surface area contributed by atoms with E-state index in [-0.39, 0.29) is 17.5 Å². The lowest BCUT2D eigenvalue weighted by atomic mass is 10.2. The van der Waals surface area contributed by atoms with Crippen molar-refractivity contribution in [3.63, 3.8) is 0 Å². The van der Waals surface area contributed by atoms with Crippen molar-refractivity contribution in [2.75, 3.05) is 5.75 Å². The average molecular weight is 431 g/mol. The maximum Gasteiger partial charge on any atom is 0.250 e. The molecule has 0 spiro atoms. The molecule has 0 fully saturated rings. The summed E-state index contributed by atoms with van der Waals surface area (Å²) in [7, 11) is 0. The van der Waals surface area contributed by atoms with Crippen LogP contribution >= 0.6 is 11.8 Å². The zero-order chi connectivity index (χ0) is 21.5. The molecule has 1 aromatic heterocycles. The number of carbonyl (C=O) groups is 1. The van der Waals surface area contributed by atoms with E-state index in [0.29, 0.717) is 16.5 Å². The van der Waals surface area contributed by atoms with Crippen LogP contribution in [0, 0.1) is 5.82 Å². The number of amides is 1. The lowest BCUT2D eigenvalue weighted by Crippen LogP contribution is -2.20. The monoisotopic (exact) mass is 431 g/mol. The van der Waals surface area contributed by atoms with Gasteiger partial charge in [-0.1, -0.05) is 72.4 Å². The summed E-state index contributed by atoms with van der Waals surface area (Å²) in [6, 6.07) is 25.3. The van der Waals surface area contributed by atoms with Gasteiger partial charge < -0.3 is 0 Å². The van der Waals surface area contributed by atoms with Gasteiger partial charge in [-0.3, -0.25) is 9.36 Å². The minimum Gasteiger partial charge on any atom is -0.272 e. The molecule has 0 bridgehead atoms. The first kappa shape index (κ1) is 20.5. The number of benzene rings is 3. The molecular weight excluding hydrogens is 413 g/mol. The predicted octanol–water partition coefficient (Wildman–Crippen LogP) is 4.32. The van der Waals surface area contributed by atoms with Gasteiger partial charge in [-0.05, 0) is 29.8 Å². The van der Waals surface area contributed by atoms with Gasteiger partial charge in [-0.15, -0.1) is 10.2 Å². The Morgan fingerprint density at radius 1 is 0.968 bits per heavy atom. The largest absolute Gasteiger partial charge is 0.272 e. The number of rotatable bonds is 7. The summed E-state index contributed by atoms with van der Waals surface area (Å²) < 4.78 is 14.9. The van der Waals surface area contributed by atoms with Crippen molar-refractivity contribution < 1.29 is 9.18 Å². The third-order valence-corrected chi connectivity index (χ3v) is 5.21. The van der Waals surface area contributed by atoms with Gasteiger partial charge in [-0.2, -0.15) is 5.10 Å². The Morgan fingerprint density at radius 3 is 2.35 bits per heavy atom. The lowest BCUT2D eigenvalue weighted by Gasteiger charge is -2.10. The van der Waals surface area contributed by atoms with Gasteiger partial charge in [0.25, 0.3) is 5.91 Å². The van der Waals surface area contributed by atoms with Crippen molar-refractivity contribution in [2.24, 2.45) is 5.10 Å². The van der Waals surface area contributed by atoms with Crippen molar-refractivity contribution in [1.29, 1.82) is 0 Å². The van der Waals surface area contributed by atoms with E-state index >= 15 is 0 Å². The molecule has 0 aliphatic heterocycles.